The minimum absolute atomic E-state index is 0.446. The fraction of sp³-hybridized carbons (Fsp3) is 0.889. The Morgan fingerprint density at radius 1 is 1.75 bits per heavy atom. The second-order valence-electron chi connectivity index (χ2n) is 4.74. The molecule has 0 spiro atoms. The van der Waals surface area contributed by atoms with E-state index in [-0.39, 0.29) is 0 Å². The van der Waals surface area contributed by atoms with E-state index in [1.807, 2.05) is 0 Å². The van der Waals surface area contributed by atoms with Gasteiger partial charge in [0.15, 0.2) is 0 Å². The van der Waals surface area contributed by atoms with Crippen LogP contribution in [0.3, 0.4) is 0 Å². The molecule has 2 nitrogen and oxygen atoms in total. The van der Waals surface area contributed by atoms with Gasteiger partial charge in [-0.1, -0.05) is 0 Å². The standard InChI is InChI=1S/C9H16NO.Ga.2H/c1-8(2)9-4-3-5-10(6-9)7-11;;;/h7,9H,3-6H2,1-2H3;;;/t9-;;;/m1.../s1/i7T;;;. The van der Waals surface area contributed by atoms with E-state index in [1.54, 1.807) is 4.90 Å². The van der Waals surface area contributed by atoms with Crippen molar-refractivity contribution in [3.8, 4) is 0 Å². The summed E-state index contributed by atoms with van der Waals surface area (Å²) in [6.07, 6.45) is 1.81. The van der Waals surface area contributed by atoms with Crippen LogP contribution in [0.4, 0.5) is 0 Å². The van der Waals surface area contributed by atoms with E-state index in [0.29, 0.717) is 9.89 Å². The summed E-state index contributed by atoms with van der Waals surface area (Å²) in [4.78, 5) is 12.6. The molecule has 1 aliphatic rings. The zero-order chi connectivity index (χ0) is 10.1. The Morgan fingerprint density at radius 3 is 2.92 bits per heavy atom. The molecule has 0 aromatic carbocycles. The molecule has 0 radical (unpaired) electrons. The molecular weight excluding hydrogens is 208 g/mol. The zero-order valence-corrected chi connectivity index (χ0v) is 12.5. The number of carbonyl (C=O) groups excluding carboxylic acids is 1. The molecule has 0 bridgehead atoms. The number of hydrogen-bond acceptors (Lipinski definition) is 1. The van der Waals surface area contributed by atoms with Crippen LogP contribution >= 0.6 is 0 Å². The van der Waals surface area contributed by atoms with Crippen molar-refractivity contribution >= 4 is 25.0 Å². The Balaban J connectivity index is 2.57. The zero-order valence-electron chi connectivity index (χ0n) is 9.26. The summed E-state index contributed by atoms with van der Waals surface area (Å²) in [6.45, 7) is 6.18. The van der Waals surface area contributed by atoms with Crippen LogP contribution in [0.1, 0.15) is 28.1 Å². The quantitative estimate of drug-likeness (QED) is 0.477. The molecule has 0 N–H and O–H groups in total. The average molecular weight is 228 g/mol. The summed E-state index contributed by atoms with van der Waals surface area (Å²) in [5, 5.41) is 0. The van der Waals surface area contributed by atoms with E-state index in [9.17, 15) is 4.79 Å². The molecule has 1 saturated heterocycles. The van der Waals surface area contributed by atoms with Gasteiger partial charge in [0, 0.05) is 0 Å². The number of carbonyl (C=O) groups is 1. The number of piperidine rings is 1. The third-order valence-electron chi connectivity index (χ3n) is 2.78. The van der Waals surface area contributed by atoms with Crippen molar-refractivity contribution in [3.63, 3.8) is 0 Å². The summed E-state index contributed by atoms with van der Waals surface area (Å²) < 4.78 is 7.51. The Hall–Kier alpha value is 0.106. The van der Waals surface area contributed by atoms with Gasteiger partial charge in [0.2, 0.25) is 0 Å². The molecule has 1 heterocycles. The number of hydrogen-bond donors (Lipinski definition) is 0. The van der Waals surface area contributed by atoms with Crippen LogP contribution in [0.25, 0.3) is 0 Å². The molecule has 0 aromatic heterocycles. The van der Waals surface area contributed by atoms with Gasteiger partial charge in [-0.15, -0.1) is 0 Å². The van der Waals surface area contributed by atoms with Crippen molar-refractivity contribution in [1.29, 1.82) is 0 Å². The number of nitrogens with zero attached hydrogens (tertiary/aromatic N) is 1. The van der Waals surface area contributed by atoms with Crippen molar-refractivity contribution in [2.24, 2.45) is 5.92 Å². The first-order valence-corrected chi connectivity index (χ1v) is 6.76. The van der Waals surface area contributed by atoms with Crippen molar-refractivity contribution in [1.82, 2.24) is 4.90 Å². The van der Waals surface area contributed by atoms with Crippen LogP contribution in [0.5, 0.6) is 0 Å². The molecule has 1 fully saturated rings. The van der Waals surface area contributed by atoms with Crippen LogP contribution < -0.4 is 0 Å². The van der Waals surface area contributed by atoms with Gasteiger partial charge in [-0.05, 0) is 0 Å². The molecule has 3 heteroatoms. The van der Waals surface area contributed by atoms with Gasteiger partial charge in [0.05, 0.1) is 0 Å². The van der Waals surface area contributed by atoms with Crippen LogP contribution in [0.15, 0.2) is 0 Å². The predicted molar refractivity (Wildman–Crippen MR) is 52.9 cm³/mol. The van der Waals surface area contributed by atoms with Gasteiger partial charge in [-0.2, -0.15) is 0 Å². The number of likely N-dealkylation sites (tertiary alicyclic amines) is 1. The number of amides is 1. The molecule has 0 saturated carbocycles. The predicted octanol–water partition coefficient (Wildman–Crippen LogP) is 0.686. The Kier molecular flexibility index (Phi) is 2.81. The van der Waals surface area contributed by atoms with Gasteiger partial charge < -0.3 is 0 Å². The van der Waals surface area contributed by atoms with Gasteiger partial charge >= 0.3 is 85.7 Å². The molecular formula is C9H18GaNO. The van der Waals surface area contributed by atoms with E-state index in [2.05, 4.69) is 13.8 Å². The fourth-order valence-electron chi connectivity index (χ4n) is 1.77. The molecule has 1 amide bonds. The molecule has 1 atom stereocenters. The summed E-state index contributed by atoms with van der Waals surface area (Å²) >= 11 is 0.790. The fourth-order valence-corrected chi connectivity index (χ4v) is 2.76. The Bertz CT molecular complexity index is 202. The molecule has 1 rings (SSSR count). The van der Waals surface area contributed by atoms with Crippen molar-refractivity contribution in [2.75, 3.05) is 13.1 Å². The first kappa shape index (κ1) is 8.69. The van der Waals surface area contributed by atoms with Crippen molar-refractivity contribution < 1.29 is 6.17 Å². The molecule has 68 valence electrons. The Labute approximate surface area is 86.0 Å². The van der Waals surface area contributed by atoms with Crippen LogP contribution in [-0.4, -0.2) is 43.0 Å². The Morgan fingerprint density at radius 2 is 2.42 bits per heavy atom. The van der Waals surface area contributed by atoms with E-state index in [0.717, 1.165) is 38.1 Å². The normalized spacial score (nSPS) is 26.7. The van der Waals surface area contributed by atoms with Crippen LogP contribution in [0, 0.1) is 5.92 Å². The SMILES string of the molecule is [3H]C(=O)N1CCC[C@@H]([C](C)(C)[GaH2])C1. The molecule has 0 aliphatic carbocycles. The van der Waals surface area contributed by atoms with Gasteiger partial charge in [0.25, 0.3) is 0 Å². The van der Waals surface area contributed by atoms with Gasteiger partial charge in [-0.25, -0.2) is 0 Å². The summed E-state index contributed by atoms with van der Waals surface area (Å²) in [7, 11) is 0. The van der Waals surface area contributed by atoms with Crippen molar-refractivity contribution in [3.05, 3.63) is 0 Å². The topological polar surface area (TPSA) is 20.3 Å². The first-order valence-electron chi connectivity index (χ1n) is 5.17. The third-order valence-corrected chi connectivity index (χ3v) is 4.49. The summed E-state index contributed by atoms with van der Waals surface area (Å²) in [5.41, 5.74) is 0. The van der Waals surface area contributed by atoms with Crippen LogP contribution in [0.2, 0.25) is 3.97 Å². The van der Waals surface area contributed by atoms with E-state index in [1.165, 1.54) is 6.42 Å². The van der Waals surface area contributed by atoms with Gasteiger partial charge in [-0.3, -0.25) is 0 Å². The van der Waals surface area contributed by atoms with Gasteiger partial charge in [0.1, 0.15) is 0 Å². The number of rotatable bonds is 1. The monoisotopic (exact) mass is 227 g/mol. The second kappa shape index (κ2) is 3.88. The third kappa shape index (κ3) is 2.56. The summed E-state index contributed by atoms with van der Waals surface area (Å²) in [6, 6.07) is 0. The van der Waals surface area contributed by atoms with E-state index < -0.39 is 6.39 Å². The molecule has 0 unspecified atom stereocenters. The average Bonchev–Trinajstić information content (AvgIpc) is 2.03. The molecule has 12 heavy (non-hydrogen) atoms. The van der Waals surface area contributed by atoms with E-state index >= 15 is 0 Å². The second-order valence-corrected chi connectivity index (χ2v) is 10.1. The maximum atomic E-state index is 10.9. The van der Waals surface area contributed by atoms with E-state index in [4.69, 9.17) is 1.37 Å². The minimum atomic E-state index is -0.499. The molecule has 0 aromatic rings. The first-order chi connectivity index (χ1) is 5.91. The maximum absolute atomic E-state index is 10.9. The summed E-state index contributed by atoms with van der Waals surface area (Å²) in [5.74, 6) is 0.635. The van der Waals surface area contributed by atoms with Crippen LogP contribution in [-0.2, 0) is 4.79 Å². The molecule has 1 aliphatic heterocycles. The van der Waals surface area contributed by atoms with Crippen molar-refractivity contribution in [2.45, 2.75) is 30.7 Å².